The van der Waals surface area contributed by atoms with E-state index in [2.05, 4.69) is 4.99 Å². The molecule has 178 valence electrons. The lowest BCUT2D eigenvalue weighted by Crippen LogP contribution is -2.23. The van der Waals surface area contributed by atoms with Crippen LogP contribution in [0.15, 0.2) is 70.6 Å². The van der Waals surface area contributed by atoms with Crippen LogP contribution in [-0.2, 0) is 11.4 Å². The van der Waals surface area contributed by atoms with Crippen LogP contribution in [0.3, 0.4) is 0 Å². The summed E-state index contributed by atoms with van der Waals surface area (Å²) in [4.78, 5) is 30.8. The van der Waals surface area contributed by atoms with Crippen molar-refractivity contribution in [3.8, 4) is 5.75 Å². The molecule has 1 aliphatic rings. The number of halogens is 2. The van der Waals surface area contributed by atoms with E-state index in [-0.39, 0.29) is 18.1 Å². The minimum Gasteiger partial charge on any atom is -0.488 e. The zero-order valence-electron chi connectivity index (χ0n) is 18.8. The number of benzene rings is 3. The van der Waals surface area contributed by atoms with Crippen LogP contribution in [0.25, 0.3) is 6.08 Å². The number of para-hydroxylation sites is 1. The molecule has 1 fully saturated rings. The number of hydrogen-bond donors (Lipinski definition) is 1. The van der Waals surface area contributed by atoms with Crippen molar-refractivity contribution in [2.45, 2.75) is 13.5 Å². The number of carboxylic acids is 1. The Bertz CT molecular complexity index is 1390. The highest BCUT2D eigenvalue weighted by Crippen LogP contribution is 2.36. The molecule has 0 atom stereocenters. The van der Waals surface area contributed by atoms with Gasteiger partial charge >= 0.3 is 5.97 Å². The number of hydrogen-bond acceptors (Lipinski definition) is 5. The summed E-state index contributed by atoms with van der Waals surface area (Å²) in [5.41, 5.74) is 2.81. The van der Waals surface area contributed by atoms with Gasteiger partial charge in [0.1, 0.15) is 12.4 Å². The van der Waals surface area contributed by atoms with Gasteiger partial charge in [0.15, 0.2) is 5.17 Å². The van der Waals surface area contributed by atoms with Gasteiger partial charge < -0.3 is 9.84 Å². The van der Waals surface area contributed by atoms with Crippen molar-refractivity contribution in [1.29, 1.82) is 0 Å². The first-order valence-electron chi connectivity index (χ1n) is 10.5. The highest BCUT2D eigenvalue weighted by Gasteiger charge is 2.31. The second kappa shape index (κ2) is 10.6. The number of amidine groups is 1. The van der Waals surface area contributed by atoms with E-state index in [1.165, 1.54) is 22.7 Å². The molecule has 3 aromatic rings. The van der Waals surface area contributed by atoms with E-state index in [0.29, 0.717) is 37.1 Å². The molecular formula is C26H20Cl2N2O4S. The molecule has 4 rings (SSSR count). The Morgan fingerprint density at radius 2 is 1.89 bits per heavy atom. The number of aromatic carboxylic acids is 1. The Kier molecular flexibility index (Phi) is 7.50. The number of nitrogens with zero attached hydrogens (tertiary/aromatic N) is 2. The summed E-state index contributed by atoms with van der Waals surface area (Å²) in [5.74, 6) is -0.622. The zero-order chi connectivity index (χ0) is 25.1. The second-order valence-corrected chi connectivity index (χ2v) is 9.52. The lowest BCUT2D eigenvalue weighted by molar-refractivity contribution is -0.121. The highest BCUT2D eigenvalue weighted by molar-refractivity contribution is 8.18. The Morgan fingerprint density at radius 1 is 1.11 bits per heavy atom. The molecule has 0 bridgehead atoms. The fourth-order valence-electron chi connectivity index (χ4n) is 3.39. The van der Waals surface area contributed by atoms with Gasteiger partial charge in [0.2, 0.25) is 0 Å². The van der Waals surface area contributed by atoms with E-state index in [1.54, 1.807) is 44.3 Å². The van der Waals surface area contributed by atoms with Gasteiger partial charge in [-0.3, -0.25) is 9.69 Å². The number of ether oxygens (including phenoxy) is 1. The summed E-state index contributed by atoms with van der Waals surface area (Å²) in [5, 5.41) is 10.8. The molecule has 35 heavy (non-hydrogen) atoms. The maximum Gasteiger partial charge on any atom is 0.336 e. The number of carboxylic acid groups (broad SMARTS) is 1. The number of carbonyl (C=O) groups is 2. The third-order valence-electron chi connectivity index (χ3n) is 5.34. The summed E-state index contributed by atoms with van der Waals surface area (Å²) in [6, 6.07) is 17.6. The fourth-order valence-corrected chi connectivity index (χ4v) is 4.69. The first-order chi connectivity index (χ1) is 16.7. The molecule has 0 saturated carbocycles. The van der Waals surface area contributed by atoms with E-state index in [1.807, 2.05) is 30.3 Å². The van der Waals surface area contributed by atoms with Crippen molar-refractivity contribution in [3.63, 3.8) is 0 Å². The average molecular weight is 527 g/mol. The number of thioether (sulfide) groups is 1. The molecule has 1 N–H and O–H groups in total. The maximum atomic E-state index is 12.9. The topological polar surface area (TPSA) is 79.2 Å². The van der Waals surface area contributed by atoms with Crippen molar-refractivity contribution >= 4 is 63.8 Å². The molecule has 1 saturated heterocycles. The Hall–Kier alpha value is -3.26. The molecule has 1 heterocycles. The number of carbonyl (C=O) groups excluding carboxylic acids is 1. The van der Waals surface area contributed by atoms with E-state index in [9.17, 15) is 14.7 Å². The van der Waals surface area contributed by atoms with Gasteiger partial charge in [-0.05, 0) is 66.2 Å². The van der Waals surface area contributed by atoms with Gasteiger partial charge in [-0.25, -0.2) is 9.79 Å². The van der Waals surface area contributed by atoms with Crippen LogP contribution >= 0.6 is 35.0 Å². The Morgan fingerprint density at radius 3 is 2.63 bits per heavy atom. The molecule has 0 unspecified atom stereocenters. The minimum absolute atomic E-state index is 0.174. The molecule has 1 amide bonds. The normalized spacial score (nSPS) is 15.8. The number of aliphatic imine (C=N–C) groups is 1. The third kappa shape index (κ3) is 5.53. The molecule has 9 heteroatoms. The highest BCUT2D eigenvalue weighted by atomic mass is 35.5. The van der Waals surface area contributed by atoms with E-state index >= 15 is 0 Å². The molecule has 1 aliphatic heterocycles. The van der Waals surface area contributed by atoms with Gasteiger partial charge in [-0.15, -0.1) is 0 Å². The Labute approximate surface area is 216 Å². The van der Waals surface area contributed by atoms with Gasteiger partial charge in [-0.1, -0.05) is 53.5 Å². The standard InChI is InChI=1S/C26H20Cl2N2O4S/c1-15-18(25(32)33)7-5-8-21(15)29-26-30(2)24(31)23(35-26)13-17-6-3-4-9-22(17)34-14-16-10-11-19(27)20(28)12-16/h3-13H,14H2,1-2H3,(H,32,33)/b23-13-,29-26?. The van der Waals surface area contributed by atoms with Crippen molar-refractivity contribution in [2.75, 3.05) is 7.05 Å². The van der Waals surface area contributed by atoms with Gasteiger partial charge in [0, 0.05) is 12.6 Å². The SMILES string of the molecule is Cc1c(N=C2S/C(=C\c3ccccc3OCc3ccc(Cl)c(Cl)c3)C(=O)N2C)cccc1C(=O)O. The Balaban J connectivity index is 1.58. The smallest absolute Gasteiger partial charge is 0.336 e. The van der Waals surface area contributed by atoms with Crippen molar-refractivity contribution in [2.24, 2.45) is 4.99 Å². The van der Waals surface area contributed by atoms with Crippen LogP contribution < -0.4 is 4.74 Å². The first-order valence-corrected chi connectivity index (χ1v) is 12.1. The summed E-state index contributed by atoms with van der Waals surface area (Å²) in [7, 11) is 1.64. The maximum absolute atomic E-state index is 12.9. The van der Waals surface area contributed by atoms with Crippen molar-refractivity contribution in [3.05, 3.63) is 97.9 Å². The number of likely N-dealkylation sites (N-methyl/N-ethyl adjacent to an activating group) is 1. The zero-order valence-corrected chi connectivity index (χ0v) is 21.1. The lowest BCUT2D eigenvalue weighted by atomic mass is 10.1. The molecule has 0 aliphatic carbocycles. The predicted molar refractivity (Wildman–Crippen MR) is 141 cm³/mol. The van der Waals surface area contributed by atoms with Crippen LogP contribution in [0.2, 0.25) is 10.0 Å². The van der Waals surface area contributed by atoms with E-state index < -0.39 is 5.97 Å². The summed E-state index contributed by atoms with van der Waals surface area (Å²) in [6.45, 7) is 1.98. The quantitative estimate of drug-likeness (QED) is 0.356. The summed E-state index contributed by atoms with van der Waals surface area (Å²) < 4.78 is 6.00. The number of rotatable bonds is 6. The minimum atomic E-state index is -1.02. The van der Waals surface area contributed by atoms with Gasteiger partial charge in [0.25, 0.3) is 5.91 Å². The first kappa shape index (κ1) is 24.9. The van der Waals surface area contributed by atoms with Crippen molar-refractivity contribution < 1.29 is 19.4 Å². The molecule has 0 aromatic heterocycles. The molecule has 3 aromatic carbocycles. The summed E-state index contributed by atoms with van der Waals surface area (Å²) >= 11 is 13.3. The average Bonchev–Trinajstić information content (AvgIpc) is 3.09. The van der Waals surface area contributed by atoms with Crippen LogP contribution in [-0.4, -0.2) is 34.1 Å². The predicted octanol–water partition coefficient (Wildman–Crippen LogP) is 6.81. The van der Waals surface area contributed by atoms with E-state index in [0.717, 1.165) is 11.1 Å². The third-order valence-corrected chi connectivity index (χ3v) is 7.14. The molecule has 0 radical (unpaired) electrons. The van der Waals surface area contributed by atoms with Crippen LogP contribution in [0.1, 0.15) is 27.0 Å². The fraction of sp³-hybridized carbons (Fsp3) is 0.115. The van der Waals surface area contributed by atoms with Crippen LogP contribution in [0, 0.1) is 6.92 Å². The van der Waals surface area contributed by atoms with Gasteiger partial charge in [0.05, 0.1) is 26.2 Å². The van der Waals surface area contributed by atoms with E-state index in [4.69, 9.17) is 27.9 Å². The lowest BCUT2D eigenvalue weighted by Gasteiger charge is -2.10. The monoisotopic (exact) mass is 526 g/mol. The number of amides is 1. The van der Waals surface area contributed by atoms with Crippen LogP contribution in [0.4, 0.5) is 5.69 Å². The molecule has 0 spiro atoms. The van der Waals surface area contributed by atoms with Crippen molar-refractivity contribution in [1.82, 2.24) is 4.90 Å². The molecular weight excluding hydrogens is 507 g/mol. The van der Waals surface area contributed by atoms with Crippen LogP contribution in [0.5, 0.6) is 5.75 Å². The summed E-state index contributed by atoms with van der Waals surface area (Å²) in [6.07, 6.45) is 1.76. The largest absolute Gasteiger partial charge is 0.488 e. The molecule has 6 nitrogen and oxygen atoms in total. The second-order valence-electron chi connectivity index (χ2n) is 7.70. The van der Waals surface area contributed by atoms with Gasteiger partial charge in [-0.2, -0.15) is 0 Å².